The molecule has 0 aromatic carbocycles. The lowest BCUT2D eigenvalue weighted by atomic mass is 10.1. The average Bonchev–Trinajstić information content (AvgIpc) is 2.91. The van der Waals surface area contributed by atoms with Crippen molar-refractivity contribution in [2.24, 2.45) is 0 Å². The van der Waals surface area contributed by atoms with Gasteiger partial charge in [-0.25, -0.2) is 0 Å². The van der Waals surface area contributed by atoms with Crippen LogP contribution in [-0.2, 0) is 0 Å². The van der Waals surface area contributed by atoms with Crippen LogP contribution < -0.4 is 0 Å². The van der Waals surface area contributed by atoms with Crippen LogP contribution in [0, 0.1) is 0 Å². The van der Waals surface area contributed by atoms with Crippen molar-refractivity contribution in [3.8, 4) is 0 Å². The predicted octanol–water partition coefficient (Wildman–Crippen LogP) is 5.95. The van der Waals surface area contributed by atoms with Crippen LogP contribution in [0.25, 0.3) is 0 Å². The maximum Gasteiger partial charge on any atom is 0.0890 e. The second-order valence-corrected chi connectivity index (χ2v) is 7.27. The Hall–Kier alpha value is -0.310. The molecule has 0 saturated heterocycles. The van der Waals surface area contributed by atoms with E-state index in [2.05, 4.69) is 36.2 Å². The van der Waals surface area contributed by atoms with Gasteiger partial charge in [0, 0.05) is 26.0 Å². The molecule has 0 aromatic heterocycles. The Balaban J connectivity index is 0.00000135. The molecule has 22 heavy (non-hydrogen) atoms. The van der Waals surface area contributed by atoms with Gasteiger partial charge in [-0.15, -0.1) is 0 Å². The second kappa shape index (κ2) is 17.1. The van der Waals surface area contributed by atoms with E-state index in [4.69, 9.17) is 0 Å². The molecule has 1 aliphatic heterocycles. The molecule has 0 N–H and O–H groups in total. The average molecular weight is 329 g/mol. The van der Waals surface area contributed by atoms with Crippen LogP contribution in [0.5, 0.6) is 0 Å². The topological polar surface area (TPSA) is 6.48 Å². The van der Waals surface area contributed by atoms with Crippen molar-refractivity contribution in [3.63, 3.8) is 0 Å². The molecule has 0 aromatic rings. The van der Waals surface area contributed by atoms with Crippen molar-refractivity contribution in [1.82, 2.24) is 9.80 Å². The first kappa shape index (κ1) is 21.7. The molecule has 0 aliphatic carbocycles. The van der Waals surface area contributed by atoms with E-state index in [-0.39, 0.29) is 0 Å². The van der Waals surface area contributed by atoms with Gasteiger partial charge in [0.05, 0.1) is 6.67 Å². The first-order valence-corrected chi connectivity index (χ1v) is 10.9. The minimum absolute atomic E-state index is 1.08. The molecule has 0 fully saturated rings. The Bertz CT molecular complexity index is 244. The maximum atomic E-state index is 2.41. The molecular weight excluding hydrogens is 288 g/mol. The molecular formula is C19H40N2S. The number of hydrogen-bond donors (Lipinski definition) is 0. The van der Waals surface area contributed by atoms with E-state index < -0.39 is 0 Å². The molecule has 132 valence electrons. The van der Waals surface area contributed by atoms with Gasteiger partial charge in [-0.05, 0) is 18.9 Å². The third kappa shape index (κ3) is 14.6. The van der Waals surface area contributed by atoms with E-state index in [0.717, 1.165) is 6.67 Å². The van der Waals surface area contributed by atoms with Crippen molar-refractivity contribution < 1.29 is 0 Å². The molecule has 1 rings (SSSR count). The highest BCUT2D eigenvalue weighted by Crippen LogP contribution is 2.12. The van der Waals surface area contributed by atoms with E-state index in [1.165, 1.54) is 77.2 Å². The molecule has 0 saturated carbocycles. The smallest absolute Gasteiger partial charge is 0.0890 e. The van der Waals surface area contributed by atoms with Gasteiger partial charge in [0.15, 0.2) is 0 Å². The van der Waals surface area contributed by atoms with Gasteiger partial charge in [0.25, 0.3) is 0 Å². The van der Waals surface area contributed by atoms with Crippen molar-refractivity contribution in [1.29, 1.82) is 0 Å². The number of thioether (sulfide) groups is 1. The number of hydrogen-bond acceptors (Lipinski definition) is 3. The van der Waals surface area contributed by atoms with Crippen LogP contribution >= 0.6 is 11.8 Å². The van der Waals surface area contributed by atoms with Crippen LogP contribution in [-0.4, -0.2) is 42.6 Å². The summed E-state index contributed by atoms with van der Waals surface area (Å²) in [6, 6.07) is 0. The van der Waals surface area contributed by atoms with Crippen LogP contribution in [0.2, 0.25) is 0 Å². The van der Waals surface area contributed by atoms with Crippen LogP contribution in [0.3, 0.4) is 0 Å². The third-order valence-electron chi connectivity index (χ3n) is 3.99. The van der Waals surface area contributed by atoms with Crippen LogP contribution in [0.4, 0.5) is 0 Å². The summed E-state index contributed by atoms with van der Waals surface area (Å²) in [7, 11) is 2.14. The van der Waals surface area contributed by atoms with Gasteiger partial charge in [-0.2, -0.15) is 11.8 Å². The number of unbranched alkanes of at least 4 members (excludes halogenated alkanes) is 10. The minimum Gasteiger partial charge on any atom is -0.362 e. The molecule has 1 heterocycles. The molecule has 0 unspecified atom stereocenters. The number of rotatable bonds is 12. The summed E-state index contributed by atoms with van der Waals surface area (Å²) >= 11 is 1.75. The summed E-state index contributed by atoms with van der Waals surface area (Å²) in [5.41, 5.74) is 0. The van der Waals surface area contributed by atoms with Crippen molar-refractivity contribution in [2.75, 3.05) is 32.8 Å². The fourth-order valence-corrected chi connectivity index (χ4v) is 2.71. The summed E-state index contributed by atoms with van der Waals surface area (Å²) in [4.78, 5) is 4.65. The molecule has 1 aliphatic rings. The Labute approximate surface area is 144 Å². The van der Waals surface area contributed by atoms with Crippen LogP contribution in [0.15, 0.2) is 12.4 Å². The SMILES string of the molecule is CCCCCCCCCCCCCN1C=CN(C)C1.CSC. The Morgan fingerprint density at radius 2 is 1.23 bits per heavy atom. The monoisotopic (exact) mass is 328 g/mol. The highest BCUT2D eigenvalue weighted by molar-refractivity contribution is 7.97. The summed E-state index contributed by atoms with van der Waals surface area (Å²) < 4.78 is 0. The van der Waals surface area contributed by atoms with Crippen molar-refractivity contribution >= 4 is 11.8 Å². The van der Waals surface area contributed by atoms with Gasteiger partial charge in [-0.1, -0.05) is 71.1 Å². The molecule has 2 nitrogen and oxygen atoms in total. The Morgan fingerprint density at radius 1 is 0.773 bits per heavy atom. The summed E-state index contributed by atoms with van der Waals surface area (Å²) in [6.07, 6.45) is 24.2. The quantitative estimate of drug-likeness (QED) is 0.409. The zero-order chi connectivity index (χ0) is 16.5. The van der Waals surface area contributed by atoms with Gasteiger partial charge >= 0.3 is 0 Å². The second-order valence-electron chi connectivity index (χ2n) is 6.45. The molecule has 0 radical (unpaired) electrons. The zero-order valence-electron chi connectivity index (χ0n) is 15.6. The molecule has 0 atom stereocenters. The van der Waals surface area contributed by atoms with Gasteiger partial charge in [0.1, 0.15) is 0 Å². The zero-order valence-corrected chi connectivity index (χ0v) is 16.5. The highest BCUT2D eigenvalue weighted by atomic mass is 32.2. The van der Waals surface area contributed by atoms with Crippen molar-refractivity contribution in [2.45, 2.75) is 77.6 Å². The Kier molecular flexibility index (Phi) is 16.8. The molecule has 0 amide bonds. The van der Waals surface area contributed by atoms with Gasteiger partial charge in [-0.3, -0.25) is 0 Å². The predicted molar refractivity (Wildman–Crippen MR) is 104 cm³/mol. The largest absolute Gasteiger partial charge is 0.362 e. The van der Waals surface area contributed by atoms with E-state index in [1.54, 1.807) is 11.8 Å². The normalized spacial score (nSPS) is 13.5. The lowest BCUT2D eigenvalue weighted by Gasteiger charge is -2.17. The highest BCUT2D eigenvalue weighted by Gasteiger charge is 2.06. The standard InChI is InChI=1S/C17H34N2.C2H6S/c1-3-4-5-6-7-8-9-10-11-12-13-14-19-16-15-18(2)17-19;1-3-2/h15-16H,3-14,17H2,1-2H3;1-2H3. The van der Waals surface area contributed by atoms with Gasteiger partial charge in [0.2, 0.25) is 0 Å². The molecule has 0 spiro atoms. The maximum absolute atomic E-state index is 2.41. The first-order valence-electron chi connectivity index (χ1n) is 9.27. The molecule has 0 bridgehead atoms. The summed E-state index contributed by atoms with van der Waals surface area (Å²) in [5, 5.41) is 0. The van der Waals surface area contributed by atoms with E-state index in [9.17, 15) is 0 Å². The summed E-state index contributed by atoms with van der Waals surface area (Å²) in [6.45, 7) is 4.60. The number of nitrogens with zero attached hydrogens (tertiary/aromatic N) is 2. The molecule has 3 heteroatoms. The first-order chi connectivity index (χ1) is 10.7. The summed E-state index contributed by atoms with van der Waals surface area (Å²) in [5.74, 6) is 0. The third-order valence-corrected chi connectivity index (χ3v) is 3.99. The van der Waals surface area contributed by atoms with E-state index >= 15 is 0 Å². The lowest BCUT2D eigenvalue weighted by Crippen LogP contribution is -2.23. The lowest BCUT2D eigenvalue weighted by molar-refractivity contribution is 0.290. The fourth-order valence-electron chi connectivity index (χ4n) is 2.71. The van der Waals surface area contributed by atoms with E-state index in [0.29, 0.717) is 0 Å². The minimum atomic E-state index is 1.08. The van der Waals surface area contributed by atoms with Crippen LogP contribution in [0.1, 0.15) is 77.6 Å². The Morgan fingerprint density at radius 3 is 1.64 bits per heavy atom. The fraction of sp³-hybridized carbons (Fsp3) is 0.895. The van der Waals surface area contributed by atoms with Crippen molar-refractivity contribution in [3.05, 3.63) is 12.4 Å². The van der Waals surface area contributed by atoms with Gasteiger partial charge < -0.3 is 9.80 Å². The van der Waals surface area contributed by atoms with E-state index in [1.807, 2.05) is 12.5 Å².